The molecule has 17 heavy (non-hydrogen) atoms. The second-order valence-corrected chi connectivity index (χ2v) is 4.98. The molecule has 1 saturated carbocycles. The Kier molecular flexibility index (Phi) is 4.18. The van der Waals surface area contributed by atoms with Gasteiger partial charge in [-0.15, -0.1) is 0 Å². The van der Waals surface area contributed by atoms with Crippen molar-refractivity contribution in [1.82, 2.24) is 0 Å². The molecule has 0 spiro atoms. The van der Waals surface area contributed by atoms with Crippen molar-refractivity contribution in [1.29, 1.82) is 0 Å². The van der Waals surface area contributed by atoms with Gasteiger partial charge in [0.1, 0.15) is 0 Å². The Labute approximate surface area is 104 Å². The van der Waals surface area contributed by atoms with Crippen molar-refractivity contribution in [2.24, 2.45) is 16.6 Å². The number of benzene rings is 1. The number of amidine groups is 1. The van der Waals surface area contributed by atoms with E-state index in [1.54, 1.807) is 0 Å². The minimum atomic E-state index is 0.179. The first-order chi connectivity index (χ1) is 8.27. The van der Waals surface area contributed by atoms with E-state index in [0.717, 1.165) is 5.84 Å². The van der Waals surface area contributed by atoms with Gasteiger partial charge >= 0.3 is 0 Å². The van der Waals surface area contributed by atoms with E-state index in [9.17, 15) is 0 Å². The van der Waals surface area contributed by atoms with Crippen molar-refractivity contribution < 1.29 is 0 Å². The Balaban J connectivity index is 2.02. The van der Waals surface area contributed by atoms with E-state index in [1.165, 1.54) is 37.7 Å². The Morgan fingerprint density at radius 2 is 1.82 bits per heavy atom. The standard InChI is InChI=1S/C15H22N2/c1-12(13-8-4-2-5-9-13)17-15(16)14-10-6-3-7-11-14/h2,4-5,8-9,12,14H,3,6-7,10-11H2,1H3,(H2,16,17). The van der Waals surface area contributed by atoms with Crippen molar-refractivity contribution in [3.8, 4) is 0 Å². The van der Waals surface area contributed by atoms with Crippen LogP contribution in [-0.4, -0.2) is 5.84 Å². The Bertz CT molecular complexity index is 364. The van der Waals surface area contributed by atoms with Gasteiger partial charge in [0, 0.05) is 5.92 Å². The molecule has 0 bridgehead atoms. The second kappa shape index (κ2) is 5.85. The van der Waals surface area contributed by atoms with Crippen LogP contribution < -0.4 is 5.73 Å². The summed E-state index contributed by atoms with van der Waals surface area (Å²) in [5.74, 6) is 1.39. The highest BCUT2D eigenvalue weighted by molar-refractivity contribution is 5.83. The summed E-state index contributed by atoms with van der Waals surface area (Å²) in [5, 5.41) is 0. The van der Waals surface area contributed by atoms with E-state index in [4.69, 9.17) is 5.73 Å². The van der Waals surface area contributed by atoms with E-state index in [2.05, 4.69) is 36.2 Å². The van der Waals surface area contributed by atoms with Crippen LogP contribution in [0, 0.1) is 5.92 Å². The molecule has 1 aliphatic carbocycles. The van der Waals surface area contributed by atoms with Crippen LogP contribution in [-0.2, 0) is 0 Å². The van der Waals surface area contributed by atoms with Crippen molar-refractivity contribution in [3.63, 3.8) is 0 Å². The third-order valence-electron chi connectivity index (χ3n) is 3.65. The number of nitrogens with zero attached hydrogens (tertiary/aromatic N) is 1. The van der Waals surface area contributed by atoms with Crippen molar-refractivity contribution >= 4 is 5.84 Å². The molecule has 1 fully saturated rings. The molecule has 0 heterocycles. The highest BCUT2D eigenvalue weighted by atomic mass is 14.9. The Hall–Kier alpha value is -1.31. The third kappa shape index (κ3) is 3.32. The first-order valence-electron chi connectivity index (χ1n) is 6.65. The van der Waals surface area contributed by atoms with E-state index in [1.807, 2.05) is 6.07 Å². The molecule has 92 valence electrons. The molecule has 1 aromatic rings. The molecule has 2 nitrogen and oxygen atoms in total. The number of nitrogens with two attached hydrogens (primary N) is 1. The predicted octanol–water partition coefficient (Wildman–Crippen LogP) is 3.69. The van der Waals surface area contributed by atoms with Crippen molar-refractivity contribution in [2.75, 3.05) is 0 Å². The van der Waals surface area contributed by atoms with Crippen LogP contribution in [0.1, 0.15) is 50.6 Å². The van der Waals surface area contributed by atoms with Gasteiger partial charge in [-0.2, -0.15) is 0 Å². The summed E-state index contributed by atoms with van der Waals surface area (Å²) in [4.78, 5) is 4.67. The molecule has 1 unspecified atom stereocenters. The normalized spacial score (nSPS) is 20.2. The lowest BCUT2D eigenvalue weighted by Gasteiger charge is -2.22. The maximum absolute atomic E-state index is 6.14. The SMILES string of the molecule is CC(N=C(N)C1CCCCC1)c1ccccc1. The van der Waals surface area contributed by atoms with Crippen LogP contribution in [0.4, 0.5) is 0 Å². The first-order valence-corrected chi connectivity index (χ1v) is 6.65. The highest BCUT2D eigenvalue weighted by Gasteiger charge is 2.17. The fourth-order valence-corrected chi connectivity index (χ4v) is 2.53. The van der Waals surface area contributed by atoms with Crippen molar-refractivity contribution in [3.05, 3.63) is 35.9 Å². The fraction of sp³-hybridized carbons (Fsp3) is 0.533. The highest BCUT2D eigenvalue weighted by Crippen LogP contribution is 2.25. The molecule has 0 saturated heterocycles. The zero-order valence-corrected chi connectivity index (χ0v) is 10.6. The minimum Gasteiger partial charge on any atom is -0.387 e. The van der Waals surface area contributed by atoms with Gasteiger partial charge in [-0.3, -0.25) is 4.99 Å². The van der Waals surface area contributed by atoms with Crippen LogP contribution in [0.25, 0.3) is 0 Å². The minimum absolute atomic E-state index is 0.179. The molecular formula is C15H22N2. The maximum atomic E-state index is 6.14. The Morgan fingerprint density at radius 1 is 1.18 bits per heavy atom. The van der Waals surface area contributed by atoms with Gasteiger partial charge < -0.3 is 5.73 Å². The number of aliphatic imine (C=N–C) groups is 1. The third-order valence-corrected chi connectivity index (χ3v) is 3.65. The average molecular weight is 230 g/mol. The van der Waals surface area contributed by atoms with Crippen molar-refractivity contribution in [2.45, 2.75) is 45.1 Å². The molecule has 2 rings (SSSR count). The molecule has 0 radical (unpaired) electrons. The first kappa shape index (κ1) is 12.2. The summed E-state index contributed by atoms with van der Waals surface area (Å²) in [6.45, 7) is 2.12. The summed E-state index contributed by atoms with van der Waals surface area (Å²) >= 11 is 0. The number of hydrogen-bond donors (Lipinski definition) is 1. The van der Waals surface area contributed by atoms with E-state index in [-0.39, 0.29) is 6.04 Å². The smallest absolute Gasteiger partial charge is 0.0975 e. The van der Waals surface area contributed by atoms with Crippen LogP contribution in [0.3, 0.4) is 0 Å². The van der Waals surface area contributed by atoms with E-state index in [0.29, 0.717) is 5.92 Å². The molecule has 2 heteroatoms. The molecule has 2 N–H and O–H groups in total. The molecule has 1 atom stereocenters. The topological polar surface area (TPSA) is 38.4 Å². The number of rotatable bonds is 3. The zero-order valence-electron chi connectivity index (χ0n) is 10.6. The molecule has 0 aromatic heterocycles. The molecule has 0 aliphatic heterocycles. The van der Waals surface area contributed by atoms with Gasteiger partial charge in [-0.05, 0) is 25.3 Å². The molecular weight excluding hydrogens is 208 g/mol. The maximum Gasteiger partial charge on any atom is 0.0975 e. The number of hydrogen-bond acceptors (Lipinski definition) is 1. The summed E-state index contributed by atoms with van der Waals surface area (Å²) in [6.07, 6.45) is 6.41. The van der Waals surface area contributed by atoms with Gasteiger partial charge in [0.05, 0.1) is 11.9 Å². The van der Waals surface area contributed by atoms with E-state index >= 15 is 0 Å². The second-order valence-electron chi connectivity index (χ2n) is 4.98. The lowest BCUT2D eigenvalue weighted by molar-refractivity contribution is 0.435. The monoisotopic (exact) mass is 230 g/mol. The lowest BCUT2D eigenvalue weighted by Crippen LogP contribution is -2.26. The van der Waals surface area contributed by atoms with Crippen LogP contribution >= 0.6 is 0 Å². The molecule has 1 aromatic carbocycles. The Morgan fingerprint density at radius 3 is 2.47 bits per heavy atom. The van der Waals surface area contributed by atoms with E-state index < -0.39 is 0 Å². The molecule has 1 aliphatic rings. The van der Waals surface area contributed by atoms with Gasteiger partial charge in [-0.1, -0.05) is 49.6 Å². The largest absolute Gasteiger partial charge is 0.387 e. The molecule has 0 amide bonds. The lowest BCUT2D eigenvalue weighted by atomic mass is 9.88. The van der Waals surface area contributed by atoms with Gasteiger partial charge in [0.2, 0.25) is 0 Å². The van der Waals surface area contributed by atoms with Gasteiger partial charge in [0.25, 0.3) is 0 Å². The van der Waals surface area contributed by atoms with Gasteiger partial charge in [-0.25, -0.2) is 0 Å². The van der Waals surface area contributed by atoms with Crippen LogP contribution in [0.2, 0.25) is 0 Å². The summed E-state index contributed by atoms with van der Waals surface area (Å²) in [7, 11) is 0. The summed E-state index contributed by atoms with van der Waals surface area (Å²) in [5.41, 5.74) is 7.38. The van der Waals surface area contributed by atoms with Crippen LogP contribution in [0.5, 0.6) is 0 Å². The zero-order chi connectivity index (χ0) is 12.1. The summed E-state index contributed by atoms with van der Waals surface area (Å²) < 4.78 is 0. The fourth-order valence-electron chi connectivity index (χ4n) is 2.53. The average Bonchev–Trinajstić information content (AvgIpc) is 2.40. The van der Waals surface area contributed by atoms with Gasteiger partial charge in [0.15, 0.2) is 0 Å². The summed E-state index contributed by atoms with van der Waals surface area (Å²) in [6, 6.07) is 10.5. The predicted molar refractivity (Wildman–Crippen MR) is 73.1 cm³/mol. The van der Waals surface area contributed by atoms with Crippen LogP contribution in [0.15, 0.2) is 35.3 Å². The quantitative estimate of drug-likeness (QED) is 0.624.